The zero-order chi connectivity index (χ0) is 22.0. The second kappa shape index (κ2) is 12.4. The third-order valence-electron chi connectivity index (χ3n) is 6.65. The van der Waals surface area contributed by atoms with Gasteiger partial charge in [-0.3, -0.25) is 4.90 Å². The molecule has 2 heterocycles. The number of phenolic OH excluding ortho intramolecular Hbond substituents is 1. The molecule has 0 spiro atoms. The summed E-state index contributed by atoms with van der Waals surface area (Å²) in [6.45, 7) is 5.20. The van der Waals surface area contributed by atoms with E-state index in [2.05, 4.69) is 4.90 Å². The fourth-order valence-corrected chi connectivity index (χ4v) is 6.17. The summed E-state index contributed by atoms with van der Waals surface area (Å²) in [6, 6.07) is 15.4. The molecule has 1 saturated carbocycles. The molecule has 2 aromatic rings. The van der Waals surface area contributed by atoms with E-state index < -0.39 is 0 Å². The van der Waals surface area contributed by atoms with Gasteiger partial charge in [0, 0.05) is 11.8 Å². The highest BCUT2D eigenvalue weighted by atomic mass is 32.2. The number of likely N-dealkylation sites (tertiary alicyclic amines) is 1. The molecule has 2 fully saturated rings. The monoisotopic (exact) mass is 455 g/mol. The number of benzene rings is 2. The van der Waals surface area contributed by atoms with Gasteiger partial charge in [0.2, 0.25) is 0 Å². The number of hydrogen-bond donors (Lipinski definition) is 1. The van der Waals surface area contributed by atoms with Crippen LogP contribution >= 0.6 is 11.8 Å². The quantitative estimate of drug-likeness (QED) is 0.567. The van der Waals surface area contributed by atoms with Crippen molar-refractivity contribution >= 4 is 11.8 Å². The molecule has 4 nitrogen and oxygen atoms in total. The van der Waals surface area contributed by atoms with Crippen molar-refractivity contribution in [2.75, 3.05) is 32.8 Å². The van der Waals surface area contributed by atoms with E-state index in [1.807, 2.05) is 54.2 Å². The number of phenols is 1. The molecule has 0 bridgehead atoms. The van der Waals surface area contributed by atoms with E-state index in [1.165, 1.54) is 64.5 Å². The first-order chi connectivity index (χ1) is 15.8. The average Bonchev–Trinajstić information content (AvgIpc) is 2.86. The van der Waals surface area contributed by atoms with Crippen LogP contribution in [0.1, 0.15) is 51.4 Å². The van der Waals surface area contributed by atoms with Crippen molar-refractivity contribution in [3.05, 3.63) is 48.5 Å². The van der Waals surface area contributed by atoms with Crippen molar-refractivity contribution in [1.82, 2.24) is 4.90 Å². The Bertz CT molecular complexity index is 804. The number of ether oxygens (including phenoxy) is 2. The molecule has 0 amide bonds. The van der Waals surface area contributed by atoms with Gasteiger partial charge in [-0.25, -0.2) is 0 Å². The van der Waals surface area contributed by atoms with Crippen molar-refractivity contribution < 1.29 is 14.6 Å². The Morgan fingerprint density at radius 3 is 2.47 bits per heavy atom. The van der Waals surface area contributed by atoms with Crippen LogP contribution in [0.25, 0.3) is 0 Å². The molecule has 174 valence electrons. The SMILES string of the molecule is Oc1ccc2c(c1)SC(C1CCCCC1)CO2.c1ccc(OCCN2CCCCC2)cc1. The molecule has 0 aromatic heterocycles. The van der Waals surface area contributed by atoms with E-state index in [0.717, 1.165) is 42.1 Å². The molecule has 1 saturated heterocycles. The third-order valence-corrected chi connectivity index (χ3v) is 8.05. The largest absolute Gasteiger partial charge is 0.508 e. The maximum atomic E-state index is 9.52. The van der Waals surface area contributed by atoms with E-state index in [-0.39, 0.29) is 0 Å². The minimum Gasteiger partial charge on any atom is -0.508 e. The molecule has 5 rings (SSSR count). The van der Waals surface area contributed by atoms with Crippen LogP contribution in [-0.4, -0.2) is 48.1 Å². The maximum Gasteiger partial charge on any atom is 0.133 e. The highest BCUT2D eigenvalue weighted by Gasteiger charge is 2.29. The van der Waals surface area contributed by atoms with Crippen LogP contribution < -0.4 is 9.47 Å². The van der Waals surface area contributed by atoms with Crippen LogP contribution in [0.5, 0.6) is 17.2 Å². The average molecular weight is 456 g/mol. The van der Waals surface area contributed by atoms with Gasteiger partial charge in [0.25, 0.3) is 0 Å². The van der Waals surface area contributed by atoms with Crippen LogP contribution in [0.2, 0.25) is 0 Å². The number of thioether (sulfide) groups is 1. The fraction of sp³-hybridized carbons (Fsp3) is 0.556. The van der Waals surface area contributed by atoms with Crippen molar-refractivity contribution in [3.8, 4) is 17.2 Å². The molecule has 1 atom stereocenters. The Balaban J connectivity index is 0.000000155. The van der Waals surface area contributed by atoms with Crippen LogP contribution in [0.3, 0.4) is 0 Å². The van der Waals surface area contributed by atoms with E-state index >= 15 is 0 Å². The molecule has 2 aromatic carbocycles. The van der Waals surface area contributed by atoms with E-state index in [1.54, 1.807) is 6.07 Å². The minimum absolute atomic E-state index is 0.337. The predicted molar refractivity (Wildman–Crippen MR) is 132 cm³/mol. The second-order valence-corrected chi connectivity index (χ2v) is 10.3. The molecule has 32 heavy (non-hydrogen) atoms. The summed E-state index contributed by atoms with van der Waals surface area (Å²) >= 11 is 1.89. The number of hydrogen-bond acceptors (Lipinski definition) is 5. The number of piperidine rings is 1. The van der Waals surface area contributed by atoms with Gasteiger partial charge in [0.15, 0.2) is 0 Å². The molecular formula is C27H37NO3S. The topological polar surface area (TPSA) is 41.9 Å². The highest BCUT2D eigenvalue weighted by Crippen LogP contribution is 2.44. The van der Waals surface area contributed by atoms with Crippen LogP contribution in [0, 0.1) is 5.92 Å². The molecule has 1 N–H and O–H groups in total. The molecule has 5 heteroatoms. The van der Waals surface area contributed by atoms with Crippen LogP contribution in [0.4, 0.5) is 0 Å². The Hall–Kier alpha value is -1.85. The molecule has 1 unspecified atom stereocenters. The van der Waals surface area contributed by atoms with Gasteiger partial charge in [-0.2, -0.15) is 0 Å². The Labute approximate surface area is 197 Å². The first kappa shape index (κ1) is 23.3. The zero-order valence-electron chi connectivity index (χ0n) is 19.1. The smallest absolute Gasteiger partial charge is 0.133 e. The van der Waals surface area contributed by atoms with Crippen molar-refractivity contribution in [3.63, 3.8) is 0 Å². The Morgan fingerprint density at radius 2 is 1.69 bits per heavy atom. The van der Waals surface area contributed by atoms with Crippen molar-refractivity contribution in [2.24, 2.45) is 5.92 Å². The van der Waals surface area contributed by atoms with Gasteiger partial charge >= 0.3 is 0 Å². The number of aromatic hydroxyl groups is 1. The summed E-state index contributed by atoms with van der Waals surface area (Å²) in [6.07, 6.45) is 10.9. The summed E-state index contributed by atoms with van der Waals surface area (Å²) in [5.41, 5.74) is 0. The van der Waals surface area contributed by atoms with Crippen LogP contribution in [-0.2, 0) is 0 Å². The van der Waals surface area contributed by atoms with Gasteiger partial charge in [0.05, 0.1) is 4.90 Å². The predicted octanol–water partition coefficient (Wildman–Crippen LogP) is 6.38. The van der Waals surface area contributed by atoms with Gasteiger partial charge in [-0.05, 0) is 75.0 Å². The Kier molecular flexibility index (Phi) is 9.04. The molecule has 3 aliphatic rings. The number of para-hydroxylation sites is 1. The van der Waals surface area contributed by atoms with E-state index in [9.17, 15) is 5.11 Å². The van der Waals surface area contributed by atoms with Crippen molar-refractivity contribution in [1.29, 1.82) is 0 Å². The third kappa shape index (κ3) is 7.08. The first-order valence-electron chi connectivity index (χ1n) is 12.3. The lowest BCUT2D eigenvalue weighted by Crippen LogP contribution is -2.33. The minimum atomic E-state index is 0.337. The molecule has 0 radical (unpaired) electrons. The highest BCUT2D eigenvalue weighted by molar-refractivity contribution is 8.00. The normalized spacial score (nSPS) is 21.6. The number of fused-ring (bicyclic) bond motifs is 1. The summed E-state index contributed by atoms with van der Waals surface area (Å²) < 4.78 is 11.5. The fourth-order valence-electron chi connectivity index (χ4n) is 4.81. The maximum absolute atomic E-state index is 9.52. The van der Waals surface area contributed by atoms with Gasteiger partial charge in [-0.1, -0.05) is 43.9 Å². The standard InChI is InChI=1S/C14H18O2S.C13H19NO/c15-11-6-7-12-13(8-11)17-14(9-16-12)10-4-2-1-3-5-10;1-3-7-13(8-4-1)15-12-11-14-9-5-2-6-10-14/h6-8,10,14-15H,1-5,9H2;1,3-4,7-8H,2,5-6,9-12H2. The van der Waals surface area contributed by atoms with Gasteiger partial charge in [0.1, 0.15) is 30.5 Å². The summed E-state index contributed by atoms with van der Waals surface area (Å²) in [4.78, 5) is 3.60. The second-order valence-electron chi connectivity index (χ2n) is 9.06. The van der Waals surface area contributed by atoms with Gasteiger partial charge < -0.3 is 14.6 Å². The molecule has 1 aliphatic carbocycles. The number of rotatable bonds is 5. The lowest BCUT2D eigenvalue weighted by molar-refractivity contribution is 0.183. The van der Waals surface area contributed by atoms with Gasteiger partial charge in [-0.15, -0.1) is 11.8 Å². The first-order valence-corrected chi connectivity index (χ1v) is 13.2. The van der Waals surface area contributed by atoms with E-state index in [4.69, 9.17) is 9.47 Å². The molecular weight excluding hydrogens is 418 g/mol. The van der Waals surface area contributed by atoms with Crippen LogP contribution in [0.15, 0.2) is 53.4 Å². The summed E-state index contributed by atoms with van der Waals surface area (Å²) in [7, 11) is 0. The molecule has 2 aliphatic heterocycles. The zero-order valence-corrected chi connectivity index (χ0v) is 19.9. The summed E-state index contributed by atoms with van der Waals surface area (Å²) in [5.74, 6) is 3.04. The lowest BCUT2D eigenvalue weighted by atomic mass is 9.87. The Morgan fingerprint density at radius 1 is 0.938 bits per heavy atom. The lowest BCUT2D eigenvalue weighted by Gasteiger charge is -2.33. The number of nitrogens with zero attached hydrogens (tertiary/aromatic N) is 1. The van der Waals surface area contributed by atoms with E-state index in [0.29, 0.717) is 11.0 Å². The summed E-state index contributed by atoms with van der Waals surface area (Å²) in [5, 5.41) is 10.1. The van der Waals surface area contributed by atoms with Crippen molar-refractivity contribution in [2.45, 2.75) is 61.5 Å².